The molecule has 1 aliphatic heterocycles. The average molecular weight is 385 g/mol. The van der Waals surface area contributed by atoms with Gasteiger partial charge in [0.15, 0.2) is 6.61 Å². The number of furan rings is 1. The maximum atomic E-state index is 12.9. The molecule has 4 amide bonds. The van der Waals surface area contributed by atoms with Crippen molar-refractivity contribution in [3.05, 3.63) is 59.5 Å². The number of urea groups is 1. The van der Waals surface area contributed by atoms with Crippen LogP contribution in [0, 0.1) is 6.92 Å². The van der Waals surface area contributed by atoms with Crippen molar-refractivity contribution in [1.29, 1.82) is 0 Å². The van der Waals surface area contributed by atoms with Gasteiger partial charge in [0.2, 0.25) is 0 Å². The number of ether oxygens (including phenoxy) is 1. The molecule has 1 atom stereocenters. The molecule has 9 heteroatoms. The zero-order valence-electron chi connectivity index (χ0n) is 15.4. The predicted octanol–water partition coefficient (Wildman–Crippen LogP) is 1.63. The van der Waals surface area contributed by atoms with E-state index in [0.29, 0.717) is 22.8 Å². The van der Waals surface area contributed by atoms with Crippen molar-refractivity contribution in [2.75, 3.05) is 6.61 Å². The van der Waals surface area contributed by atoms with Crippen LogP contribution < -0.4 is 10.7 Å². The van der Waals surface area contributed by atoms with E-state index in [-0.39, 0.29) is 5.56 Å². The highest BCUT2D eigenvalue weighted by molar-refractivity contribution is 6.08. The van der Waals surface area contributed by atoms with Crippen molar-refractivity contribution in [3.63, 3.8) is 0 Å². The van der Waals surface area contributed by atoms with Crippen LogP contribution in [0.25, 0.3) is 0 Å². The van der Waals surface area contributed by atoms with Gasteiger partial charge >= 0.3 is 12.0 Å². The molecule has 1 saturated heterocycles. The Hall–Kier alpha value is -3.62. The molecule has 2 aromatic rings. The number of rotatable bonds is 6. The molecule has 0 saturated carbocycles. The lowest BCUT2D eigenvalue weighted by Gasteiger charge is -2.25. The Labute approximate surface area is 160 Å². The van der Waals surface area contributed by atoms with Crippen LogP contribution >= 0.6 is 0 Å². The van der Waals surface area contributed by atoms with Crippen molar-refractivity contribution < 1.29 is 28.3 Å². The second-order valence-corrected chi connectivity index (χ2v) is 6.20. The molecule has 1 fully saturated rings. The molecule has 0 spiro atoms. The van der Waals surface area contributed by atoms with Gasteiger partial charge in [-0.1, -0.05) is 37.3 Å². The number of hydrogen-bond acceptors (Lipinski definition) is 6. The Kier molecular flexibility index (Phi) is 5.16. The standard InChI is InChI=1S/C19H19N3O6/c1-3-19(13-7-5-4-6-8-13)17(25)22(18(26)20-19)21-15(23)11-28-16(24)14-9-10-27-12(14)2/h4-10H,3,11H2,1-2H3,(H,20,26)(H,21,23)/t19-/m0/s1. The molecule has 146 valence electrons. The number of imide groups is 1. The highest BCUT2D eigenvalue weighted by atomic mass is 16.5. The van der Waals surface area contributed by atoms with E-state index >= 15 is 0 Å². The van der Waals surface area contributed by atoms with Crippen LogP contribution in [-0.2, 0) is 19.9 Å². The third-order valence-corrected chi connectivity index (χ3v) is 4.54. The van der Waals surface area contributed by atoms with Crippen molar-refractivity contribution in [2.24, 2.45) is 0 Å². The highest BCUT2D eigenvalue weighted by Crippen LogP contribution is 2.31. The number of aryl methyl sites for hydroxylation is 1. The van der Waals surface area contributed by atoms with Gasteiger partial charge in [-0.15, -0.1) is 0 Å². The maximum absolute atomic E-state index is 12.9. The number of carbonyl (C=O) groups is 4. The normalized spacial score (nSPS) is 18.7. The third kappa shape index (κ3) is 3.34. The lowest BCUT2D eigenvalue weighted by molar-refractivity contribution is -0.140. The van der Waals surface area contributed by atoms with Gasteiger partial charge in [-0.3, -0.25) is 15.0 Å². The Balaban J connectivity index is 1.66. The zero-order chi connectivity index (χ0) is 20.3. The van der Waals surface area contributed by atoms with Gasteiger partial charge in [-0.2, -0.15) is 5.01 Å². The number of benzene rings is 1. The molecule has 3 rings (SSSR count). The second-order valence-electron chi connectivity index (χ2n) is 6.20. The van der Waals surface area contributed by atoms with Gasteiger partial charge < -0.3 is 14.5 Å². The molecular weight excluding hydrogens is 366 g/mol. The number of amides is 4. The number of carbonyl (C=O) groups excluding carboxylic acids is 4. The minimum atomic E-state index is -1.27. The maximum Gasteiger partial charge on any atom is 0.344 e. The van der Waals surface area contributed by atoms with Crippen LogP contribution in [-0.4, -0.2) is 35.4 Å². The van der Waals surface area contributed by atoms with E-state index in [2.05, 4.69) is 10.7 Å². The van der Waals surface area contributed by atoms with Crippen LogP contribution in [0.1, 0.15) is 35.0 Å². The summed E-state index contributed by atoms with van der Waals surface area (Å²) in [5, 5.41) is 3.24. The van der Waals surface area contributed by atoms with E-state index in [1.807, 2.05) is 0 Å². The summed E-state index contributed by atoms with van der Waals surface area (Å²) >= 11 is 0. The molecule has 2 heterocycles. The molecule has 1 aromatic carbocycles. The molecule has 2 N–H and O–H groups in total. The SMILES string of the molecule is CC[C@@]1(c2ccccc2)NC(=O)N(NC(=O)COC(=O)c2ccoc2C)C1=O. The number of hydrogen-bond donors (Lipinski definition) is 2. The second kappa shape index (κ2) is 7.55. The minimum Gasteiger partial charge on any atom is -0.469 e. The fourth-order valence-electron chi connectivity index (χ4n) is 3.00. The van der Waals surface area contributed by atoms with Crippen LogP contribution in [0.2, 0.25) is 0 Å². The van der Waals surface area contributed by atoms with E-state index in [1.54, 1.807) is 44.2 Å². The Morgan fingerprint density at radius 1 is 1.21 bits per heavy atom. The Morgan fingerprint density at radius 2 is 1.93 bits per heavy atom. The van der Waals surface area contributed by atoms with E-state index in [1.165, 1.54) is 12.3 Å². The monoisotopic (exact) mass is 385 g/mol. The minimum absolute atomic E-state index is 0.192. The first-order valence-corrected chi connectivity index (χ1v) is 8.62. The van der Waals surface area contributed by atoms with Gasteiger partial charge in [-0.25, -0.2) is 9.59 Å². The molecule has 0 aliphatic carbocycles. The first-order chi connectivity index (χ1) is 13.4. The Morgan fingerprint density at radius 3 is 2.54 bits per heavy atom. The van der Waals surface area contributed by atoms with Crippen molar-refractivity contribution in [1.82, 2.24) is 15.8 Å². The molecule has 0 bridgehead atoms. The van der Waals surface area contributed by atoms with Crippen LogP contribution in [0.5, 0.6) is 0 Å². The van der Waals surface area contributed by atoms with Gasteiger partial charge in [0.05, 0.1) is 6.26 Å². The lowest BCUT2D eigenvalue weighted by atomic mass is 9.87. The summed E-state index contributed by atoms with van der Waals surface area (Å²) < 4.78 is 9.89. The van der Waals surface area contributed by atoms with Crippen LogP contribution in [0.3, 0.4) is 0 Å². The van der Waals surface area contributed by atoms with E-state index in [0.717, 1.165) is 0 Å². The first-order valence-electron chi connectivity index (χ1n) is 8.62. The molecular formula is C19H19N3O6. The fraction of sp³-hybridized carbons (Fsp3) is 0.263. The summed E-state index contributed by atoms with van der Waals surface area (Å²) in [6.07, 6.45) is 1.62. The van der Waals surface area contributed by atoms with Gasteiger partial charge in [0.1, 0.15) is 16.9 Å². The largest absolute Gasteiger partial charge is 0.469 e. The molecule has 0 unspecified atom stereocenters. The Bertz CT molecular complexity index is 923. The third-order valence-electron chi connectivity index (χ3n) is 4.54. The zero-order valence-corrected chi connectivity index (χ0v) is 15.4. The van der Waals surface area contributed by atoms with E-state index < -0.39 is 36.0 Å². The molecule has 0 radical (unpaired) electrons. The molecule has 1 aliphatic rings. The summed E-state index contributed by atoms with van der Waals surface area (Å²) in [5.41, 5.74) is 1.71. The highest BCUT2D eigenvalue weighted by Gasteiger charge is 2.52. The summed E-state index contributed by atoms with van der Waals surface area (Å²) in [7, 11) is 0. The van der Waals surface area contributed by atoms with E-state index in [9.17, 15) is 19.2 Å². The number of esters is 1. The van der Waals surface area contributed by atoms with Gasteiger partial charge in [0, 0.05) is 0 Å². The lowest BCUT2D eigenvalue weighted by Crippen LogP contribution is -2.49. The molecule has 1 aromatic heterocycles. The predicted molar refractivity (Wildman–Crippen MR) is 95.7 cm³/mol. The number of nitrogens with one attached hydrogen (secondary N) is 2. The number of hydrazine groups is 1. The van der Waals surface area contributed by atoms with Crippen LogP contribution in [0.15, 0.2) is 47.1 Å². The summed E-state index contributed by atoms with van der Waals surface area (Å²) in [6.45, 7) is 2.67. The van der Waals surface area contributed by atoms with E-state index in [4.69, 9.17) is 9.15 Å². The number of nitrogens with zero attached hydrogens (tertiary/aromatic N) is 1. The van der Waals surface area contributed by atoms with Crippen molar-refractivity contribution in [2.45, 2.75) is 25.8 Å². The smallest absolute Gasteiger partial charge is 0.344 e. The van der Waals surface area contributed by atoms with Gasteiger partial charge in [-0.05, 0) is 25.0 Å². The van der Waals surface area contributed by atoms with Gasteiger partial charge in [0.25, 0.3) is 11.8 Å². The van der Waals surface area contributed by atoms with Crippen LogP contribution in [0.4, 0.5) is 4.79 Å². The summed E-state index contributed by atoms with van der Waals surface area (Å²) in [6, 6.07) is 9.41. The average Bonchev–Trinajstić information content (AvgIpc) is 3.23. The van der Waals surface area contributed by atoms with Crippen molar-refractivity contribution >= 4 is 23.8 Å². The molecule has 28 heavy (non-hydrogen) atoms. The topological polar surface area (TPSA) is 118 Å². The summed E-state index contributed by atoms with van der Waals surface area (Å²) in [5.74, 6) is -1.82. The van der Waals surface area contributed by atoms with Crippen molar-refractivity contribution in [3.8, 4) is 0 Å². The quantitative estimate of drug-likeness (QED) is 0.576. The first kappa shape index (κ1) is 19.2. The summed E-state index contributed by atoms with van der Waals surface area (Å²) in [4.78, 5) is 49.2. The molecule has 9 nitrogen and oxygen atoms in total. The fourth-order valence-corrected chi connectivity index (χ4v) is 3.00.